The maximum absolute atomic E-state index is 5.85. The molecule has 0 aliphatic heterocycles. The first-order valence-corrected chi connectivity index (χ1v) is 6.41. The third-order valence-electron chi connectivity index (χ3n) is 3.42. The molecule has 0 saturated heterocycles. The summed E-state index contributed by atoms with van der Waals surface area (Å²) in [6, 6.07) is 1.11. The van der Waals surface area contributed by atoms with Gasteiger partial charge in [-0.05, 0) is 51.0 Å². The smallest absolute Gasteiger partial charge is 0.0494 e. The van der Waals surface area contributed by atoms with Crippen molar-refractivity contribution in [1.29, 1.82) is 0 Å². The van der Waals surface area contributed by atoms with E-state index in [4.69, 9.17) is 10.5 Å². The van der Waals surface area contributed by atoms with E-state index in [1.54, 1.807) is 0 Å². The third-order valence-corrected chi connectivity index (χ3v) is 3.42. The molecule has 2 aliphatic rings. The monoisotopic (exact) mass is 212 g/mol. The van der Waals surface area contributed by atoms with Crippen LogP contribution in [0.4, 0.5) is 0 Å². The second kappa shape index (κ2) is 5.83. The van der Waals surface area contributed by atoms with Gasteiger partial charge in [-0.3, -0.25) is 0 Å². The molecule has 0 aromatic heterocycles. The fraction of sp³-hybridized carbons (Fsp3) is 1.00. The Kier molecular flexibility index (Phi) is 4.42. The summed E-state index contributed by atoms with van der Waals surface area (Å²) in [5.74, 6) is 0.894. The van der Waals surface area contributed by atoms with Crippen LogP contribution in [-0.2, 0) is 4.74 Å². The molecule has 0 radical (unpaired) electrons. The Morgan fingerprint density at radius 3 is 2.73 bits per heavy atom. The molecule has 0 aromatic carbocycles. The fourth-order valence-electron chi connectivity index (χ4n) is 2.22. The summed E-state index contributed by atoms with van der Waals surface area (Å²) in [6.07, 6.45) is 7.51. The first kappa shape index (κ1) is 11.4. The van der Waals surface area contributed by atoms with Gasteiger partial charge in [-0.2, -0.15) is 0 Å². The van der Waals surface area contributed by atoms with Crippen LogP contribution >= 0.6 is 0 Å². The van der Waals surface area contributed by atoms with Crippen molar-refractivity contribution in [3.8, 4) is 0 Å². The topological polar surface area (TPSA) is 47.3 Å². The Morgan fingerprint density at radius 2 is 2.07 bits per heavy atom. The second-order valence-corrected chi connectivity index (χ2v) is 5.10. The van der Waals surface area contributed by atoms with Crippen LogP contribution in [0.2, 0.25) is 0 Å². The lowest BCUT2D eigenvalue weighted by Gasteiger charge is -2.11. The number of hydrogen-bond acceptors (Lipinski definition) is 3. The molecule has 15 heavy (non-hydrogen) atoms. The van der Waals surface area contributed by atoms with Gasteiger partial charge in [0.1, 0.15) is 0 Å². The van der Waals surface area contributed by atoms with Crippen molar-refractivity contribution in [3.63, 3.8) is 0 Å². The van der Waals surface area contributed by atoms with E-state index in [9.17, 15) is 0 Å². The molecule has 3 N–H and O–H groups in total. The maximum atomic E-state index is 5.85. The molecular weight excluding hydrogens is 188 g/mol. The van der Waals surface area contributed by atoms with Gasteiger partial charge in [-0.15, -0.1) is 0 Å². The molecule has 0 spiro atoms. The van der Waals surface area contributed by atoms with Gasteiger partial charge in [-0.25, -0.2) is 0 Å². The number of ether oxygens (including phenoxy) is 1. The van der Waals surface area contributed by atoms with E-state index >= 15 is 0 Å². The summed E-state index contributed by atoms with van der Waals surface area (Å²) in [7, 11) is 0. The zero-order chi connectivity index (χ0) is 10.5. The van der Waals surface area contributed by atoms with Gasteiger partial charge in [-0.1, -0.05) is 0 Å². The minimum Gasteiger partial charge on any atom is -0.381 e. The average Bonchev–Trinajstić information content (AvgIpc) is 2.95. The molecule has 3 nitrogen and oxygen atoms in total. The molecule has 2 fully saturated rings. The largest absolute Gasteiger partial charge is 0.381 e. The van der Waals surface area contributed by atoms with E-state index in [0.717, 1.165) is 38.5 Å². The number of nitrogens with one attached hydrogen (secondary N) is 1. The minimum absolute atomic E-state index is 0.439. The van der Waals surface area contributed by atoms with Gasteiger partial charge in [0.15, 0.2) is 0 Å². The highest BCUT2D eigenvalue weighted by Gasteiger charge is 2.21. The normalized spacial score (nSPS) is 31.0. The van der Waals surface area contributed by atoms with Gasteiger partial charge >= 0.3 is 0 Å². The summed E-state index contributed by atoms with van der Waals surface area (Å²) >= 11 is 0. The zero-order valence-electron chi connectivity index (χ0n) is 9.58. The molecule has 3 heteroatoms. The molecule has 0 aromatic rings. The Labute approximate surface area is 92.7 Å². The van der Waals surface area contributed by atoms with E-state index < -0.39 is 0 Å². The zero-order valence-corrected chi connectivity index (χ0v) is 9.58. The van der Waals surface area contributed by atoms with Crippen molar-refractivity contribution in [2.24, 2.45) is 11.7 Å². The summed E-state index contributed by atoms with van der Waals surface area (Å²) in [5, 5.41) is 3.56. The third kappa shape index (κ3) is 4.49. The Hall–Kier alpha value is -0.120. The first-order valence-electron chi connectivity index (χ1n) is 6.41. The van der Waals surface area contributed by atoms with Crippen molar-refractivity contribution >= 4 is 0 Å². The molecule has 2 saturated carbocycles. The summed E-state index contributed by atoms with van der Waals surface area (Å²) < 4.78 is 5.58. The van der Waals surface area contributed by atoms with Crippen LogP contribution in [0.25, 0.3) is 0 Å². The van der Waals surface area contributed by atoms with Gasteiger partial charge in [0.05, 0.1) is 0 Å². The fourth-order valence-corrected chi connectivity index (χ4v) is 2.22. The summed E-state index contributed by atoms with van der Waals surface area (Å²) in [6.45, 7) is 3.00. The van der Waals surface area contributed by atoms with E-state index in [-0.39, 0.29) is 0 Å². The second-order valence-electron chi connectivity index (χ2n) is 5.10. The van der Waals surface area contributed by atoms with Crippen LogP contribution in [0.5, 0.6) is 0 Å². The van der Waals surface area contributed by atoms with Crippen LogP contribution < -0.4 is 11.1 Å². The van der Waals surface area contributed by atoms with Crippen LogP contribution in [0.15, 0.2) is 0 Å². The number of hydrogen-bond donors (Lipinski definition) is 2. The molecule has 2 rings (SSSR count). The van der Waals surface area contributed by atoms with Crippen LogP contribution in [0.1, 0.15) is 38.5 Å². The molecule has 2 aliphatic carbocycles. The SMILES string of the molecule is NC1CCC(NCCCOCC2CC2)C1. The van der Waals surface area contributed by atoms with Gasteiger partial charge in [0, 0.05) is 25.3 Å². The van der Waals surface area contributed by atoms with Crippen molar-refractivity contribution in [2.75, 3.05) is 19.8 Å². The van der Waals surface area contributed by atoms with Gasteiger partial charge < -0.3 is 15.8 Å². The molecule has 0 amide bonds. The quantitative estimate of drug-likeness (QED) is 0.625. The highest BCUT2D eigenvalue weighted by atomic mass is 16.5. The van der Waals surface area contributed by atoms with Gasteiger partial charge in [0.2, 0.25) is 0 Å². The lowest BCUT2D eigenvalue weighted by atomic mass is 10.2. The summed E-state index contributed by atoms with van der Waals surface area (Å²) in [4.78, 5) is 0. The average molecular weight is 212 g/mol. The van der Waals surface area contributed by atoms with E-state index in [2.05, 4.69) is 5.32 Å². The van der Waals surface area contributed by atoms with Crippen molar-refractivity contribution in [3.05, 3.63) is 0 Å². The molecule has 88 valence electrons. The number of nitrogens with two attached hydrogens (primary N) is 1. The minimum atomic E-state index is 0.439. The van der Waals surface area contributed by atoms with Crippen molar-refractivity contribution in [2.45, 2.75) is 50.6 Å². The molecule has 2 unspecified atom stereocenters. The van der Waals surface area contributed by atoms with E-state index in [1.165, 1.54) is 25.7 Å². The van der Waals surface area contributed by atoms with Crippen LogP contribution in [0.3, 0.4) is 0 Å². The highest BCUT2D eigenvalue weighted by Crippen LogP contribution is 2.28. The van der Waals surface area contributed by atoms with Gasteiger partial charge in [0.25, 0.3) is 0 Å². The first-order chi connectivity index (χ1) is 7.34. The summed E-state index contributed by atoms with van der Waals surface area (Å²) in [5.41, 5.74) is 5.85. The number of rotatable bonds is 7. The predicted octanol–water partition coefficient (Wildman–Crippen LogP) is 1.27. The van der Waals surface area contributed by atoms with E-state index in [0.29, 0.717) is 12.1 Å². The Bertz CT molecular complexity index is 182. The molecule has 2 atom stereocenters. The Morgan fingerprint density at radius 1 is 1.20 bits per heavy atom. The van der Waals surface area contributed by atoms with Crippen LogP contribution in [0, 0.1) is 5.92 Å². The standard InChI is InChI=1S/C12H24N2O/c13-11-4-5-12(8-11)14-6-1-7-15-9-10-2-3-10/h10-12,14H,1-9,13H2. The lowest BCUT2D eigenvalue weighted by Crippen LogP contribution is -2.29. The molecular formula is C12H24N2O. The van der Waals surface area contributed by atoms with Crippen molar-refractivity contribution < 1.29 is 4.74 Å². The lowest BCUT2D eigenvalue weighted by molar-refractivity contribution is 0.121. The van der Waals surface area contributed by atoms with Crippen LogP contribution in [-0.4, -0.2) is 31.8 Å². The molecule has 0 heterocycles. The maximum Gasteiger partial charge on any atom is 0.0494 e. The predicted molar refractivity (Wildman–Crippen MR) is 61.8 cm³/mol. The van der Waals surface area contributed by atoms with Crippen molar-refractivity contribution in [1.82, 2.24) is 5.32 Å². The Balaban J connectivity index is 1.38. The molecule has 0 bridgehead atoms. The van der Waals surface area contributed by atoms with E-state index in [1.807, 2.05) is 0 Å². The highest BCUT2D eigenvalue weighted by molar-refractivity contribution is 4.82.